The molecule has 0 spiro atoms. The first-order valence-corrected chi connectivity index (χ1v) is 12.5. The van der Waals surface area contributed by atoms with Crippen LogP contribution in [0.1, 0.15) is 26.5 Å². The molecule has 0 aliphatic rings. The zero-order valence-corrected chi connectivity index (χ0v) is 22.2. The molecule has 0 saturated carbocycles. The number of nitrogens with zero attached hydrogens (tertiary/aromatic N) is 3. The van der Waals surface area contributed by atoms with Crippen molar-refractivity contribution in [3.05, 3.63) is 96.8 Å². The molecule has 3 aromatic carbocycles. The highest BCUT2D eigenvalue weighted by molar-refractivity contribution is 6.07. The lowest BCUT2D eigenvalue weighted by Gasteiger charge is -2.14. The normalized spacial score (nSPS) is 11.2. The molecule has 40 heavy (non-hydrogen) atoms. The molecule has 0 atom stereocenters. The van der Waals surface area contributed by atoms with Gasteiger partial charge in [-0.1, -0.05) is 63.2 Å². The average Bonchev–Trinajstić information content (AvgIpc) is 3.35. The molecular weight excluding hydrogens is 508 g/mol. The Morgan fingerprint density at radius 3 is 2.33 bits per heavy atom. The smallest absolute Gasteiger partial charge is 0.411 e. The minimum Gasteiger partial charge on any atom is -0.456 e. The largest absolute Gasteiger partial charge is 0.456 e. The van der Waals surface area contributed by atoms with E-state index in [0.29, 0.717) is 23.0 Å². The van der Waals surface area contributed by atoms with Crippen LogP contribution in [0.2, 0.25) is 0 Å². The van der Waals surface area contributed by atoms with Crippen molar-refractivity contribution in [3.63, 3.8) is 0 Å². The summed E-state index contributed by atoms with van der Waals surface area (Å²) in [5.74, 6) is 1.51. The van der Waals surface area contributed by atoms with Crippen molar-refractivity contribution < 1.29 is 19.1 Å². The number of hydrogen-bond acceptors (Lipinski definition) is 6. The van der Waals surface area contributed by atoms with Gasteiger partial charge in [-0.15, -0.1) is 0 Å². The number of nitrogens with two attached hydrogens (primary N) is 1. The molecule has 5 aromatic rings. The van der Waals surface area contributed by atoms with Crippen LogP contribution < -0.4 is 25.8 Å². The van der Waals surface area contributed by atoms with Crippen molar-refractivity contribution in [2.75, 3.05) is 10.6 Å². The highest BCUT2D eigenvalue weighted by atomic mass is 16.6. The van der Waals surface area contributed by atoms with Crippen molar-refractivity contribution in [1.29, 1.82) is 0 Å². The van der Waals surface area contributed by atoms with E-state index in [-0.39, 0.29) is 11.3 Å². The van der Waals surface area contributed by atoms with Crippen molar-refractivity contribution in [3.8, 4) is 23.1 Å². The minimum absolute atomic E-state index is 0.0219. The van der Waals surface area contributed by atoms with Gasteiger partial charge >= 0.3 is 12.1 Å². The Morgan fingerprint density at radius 1 is 0.875 bits per heavy atom. The van der Waals surface area contributed by atoms with Crippen LogP contribution >= 0.6 is 0 Å². The van der Waals surface area contributed by atoms with Crippen molar-refractivity contribution in [2.45, 2.75) is 26.2 Å². The third kappa shape index (κ3) is 5.86. The Balaban J connectivity index is 1.41. The Kier molecular flexibility index (Phi) is 7.07. The summed E-state index contributed by atoms with van der Waals surface area (Å²) < 4.78 is 12.6. The predicted octanol–water partition coefficient (Wildman–Crippen LogP) is 6.61. The van der Waals surface area contributed by atoms with Crippen LogP contribution in [0.4, 0.5) is 21.1 Å². The third-order valence-corrected chi connectivity index (χ3v) is 5.99. The minimum atomic E-state index is -0.967. The maximum absolute atomic E-state index is 13.2. The molecule has 2 aromatic heterocycles. The third-order valence-electron chi connectivity index (χ3n) is 5.99. The number of benzene rings is 3. The van der Waals surface area contributed by atoms with Gasteiger partial charge in [-0.3, -0.25) is 5.32 Å². The van der Waals surface area contributed by atoms with E-state index in [1.807, 2.05) is 60.7 Å². The number of ether oxygens (including phenoxy) is 2. The number of amides is 3. The number of urea groups is 1. The Labute approximate surface area is 230 Å². The molecule has 0 bridgehead atoms. The van der Waals surface area contributed by atoms with E-state index in [2.05, 4.69) is 36.4 Å². The molecule has 2 heterocycles. The maximum Gasteiger partial charge on any atom is 0.411 e. The van der Waals surface area contributed by atoms with E-state index in [0.717, 1.165) is 22.2 Å². The predicted molar refractivity (Wildman–Crippen MR) is 153 cm³/mol. The van der Waals surface area contributed by atoms with E-state index in [9.17, 15) is 9.59 Å². The first kappa shape index (κ1) is 26.2. The number of fused-ring (bicyclic) bond motifs is 1. The number of carbonyl (C=O) groups excluding carboxylic acids is 2. The van der Waals surface area contributed by atoms with E-state index in [1.165, 1.54) is 12.3 Å². The highest BCUT2D eigenvalue weighted by Crippen LogP contribution is 2.35. The molecule has 10 nitrogen and oxygen atoms in total. The van der Waals surface area contributed by atoms with Gasteiger partial charge in [0, 0.05) is 34.5 Å². The van der Waals surface area contributed by atoms with Crippen LogP contribution in [0.5, 0.6) is 17.4 Å². The van der Waals surface area contributed by atoms with Gasteiger partial charge < -0.3 is 20.5 Å². The first-order valence-electron chi connectivity index (χ1n) is 12.5. The molecule has 202 valence electrons. The van der Waals surface area contributed by atoms with Crippen LogP contribution in [0, 0.1) is 0 Å². The summed E-state index contributed by atoms with van der Waals surface area (Å²) >= 11 is 0. The van der Waals surface area contributed by atoms with Gasteiger partial charge in [-0.25, -0.2) is 19.3 Å². The zero-order chi connectivity index (χ0) is 28.3. The topological polar surface area (TPSA) is 133 Å². The lowest BCUT2D eigenvalue weighted by Crippen LogP contribution is -2.21. The fourth-order valence-electron chi connectivity index (χ4n) is 4.08. The van der Waals surface area contributed by atoms with Gasteiger partial charge in [0.1, 0.15) is 17.3 Å². The second-order valence-corrected chi connectivity index (χ2v) is 10.0. The lowest BCUT2D eigenvalue weighted by molar-refractivity contribution is 0.209. The molecular formula is C30H28N6O4. The van der Waals surface area contributed by atoms with Gasteiger partial charge in [-0.05, 0) is 30.3 Å². The first-order chi connectivity index (χ1) is 19.2. The number of pyridine rings is 1. The summed E-state index contributed by atoms with van der Waals surface area (Å²) in [6.07, 6.45) is 0.478. The van der Waals surface area contributed by atoms with Crippen molar-refractivity contribution in [2.24, 2.45) is 5.73 Å². The Bertz CT molecular complexity index is 1690. The highest BCUT2D eigenvalue weighted by Gasteiger charge is 2.22. The molecule has 0 unspecified atom stereocenters. The van der Waals surface area contributed by atoms with Gasteiger partial charge in [0.15, 0.2) is 0 Å². The molecule has 5 rings (SSSR count). The number of hydrogen-bond donors (Lipinski definition) is 3. The molecule has 4 N–H and O–H groups in total. The SMILES string of the molecule is CC(C)(C)c1cc(NC(=O)Nc2ccc(Oc3ccnc(OC(N)=O)c3)c3ccccc23)n(-c2ccccc2)n1. The fraction of sp³-hybridized carbons (Fsp3) is 0.133. The number of primary amides is 1. The standard InChI is InChI=1S/C30H28N6O4/c1-30(2,3)25-18-26(36(35-25)19-9-5-4-6-10-19)34-29(38)33-23-13-14-24(22-12-8-7-11-21(22)23)39-20-15-16-32-27(17-20)40-28(31)37/h4-18H,1-3H3,(H2,31,37)(H2,33,34,38). The van der Waals surface area contributed by atoms with Crippen LogP contribution in [0.25, 0.3) is 16.5 Å². The zero-order valence-electron chi connectivity index (χ0n) is 22.2. The monoisotopic (exact) mass is 536 g/mol. The van der Waals surface area contributed by atoms with Gasteiger partial charge in [0.05, 0.1) is 17.1 Å². The molecule has 0 radical (unpaired) electrons. The summed E-state index contributed by atoms with van der Waals surface area (Å²) in [4.78, 5) is 28.2. The van der Waals surface area contributed by atoms with E-state index < -0.39 is 12.1 Å². The summed E-state index contributed by atoms with van der Waals surface area (Å²) in [5.41, 5.74) is 7.14. The molecule has 10 heteroatoms. The van der Waals surface area contributed by atoms with Crippen molar-refractivity contribution >= 4 is 34.4 Å². The fourth-order valence-corrected chi connectivity index (χ4v) is 4.08. The molecule has 0 aliphatic carbocycles. The van der Waals surface area contributed by atoms with Crippen molar-refractivity contribution in [1.82, 2.24) is 14.8 Å². The van der Waals surface area contributed by atoms with E-state index >= 15 is 0 Å². The van der Waals surface area contributed by atoms with Crippen LogP contribution in [-0.4, -0.2) is 26.9 Å². The maximum atomic E-state index is 13.2. The number of carbonyl (C=O) groups is 2. The molecule has 0 fully saturated rings. The Hall–Kier alpha value is -5.38. The van der Waals surface area contributed by atoms with Crippen LogP contribution in [-0.2, 0) is 5.41 Å². The summed E-state index contributed by atoms with van der Waals surface area (Å²) in [6.45, 7) is 6.21. The molecule has 3 amide bonds. The van der Waals surface area contributed by atoms with Crippen LogP contribution in [0.3, 0.4) is 0 Å². The second kappa shape index (κ2) is 10.8. The van der Waals surface area contributed by atoms with E-state index in [4.69, 9.17) is 20.3 Å². The summed E-state index contributed by atoms with van der Waals surface area (Å²) in [5, 5.41) is 12.2. The number of nitrogens with one attached hydrogen (secondary N) is 2. The Morgan fingerprint density at radius 2 is 1.60 bits per heavy atom. The van der Waals surface area contributed by atoms with Gasteiger partial charge in [0.25, 0.3) is 0 Å². The lowest BCUT2D eigenvalue weighted by atomic mass is 9.92. The molecule has 0 aliphatic heterocycles. The van der Waals surface area contributed by atoms with E-state index in [1.54, 1.807) is 22.9 Å². The number of aromatic nitrogens is 3. The summed E-state index contributed by atoms with van der Waals surface area (Å²) in [7, 11) is 0. The number of para-hydroxylation sites is 1. The molecule has 0 saturated heterocycles. The number of rotatable bonds is 6. The average molecular weight is 537 g/mol. The quantitative estimate of drug-likeness (QED) is 0.224. The van der Waals surface area contributed by atoms with Crippen LogP contribution in [0.15, 0.2) is 91.1 Å². The summed E-state index contributed by atoms with van der Waals surface area (Å²) in [6, 6.07) is 25.2. The number of anilines is 2. The van der Waals surface area contributed by atoms with Gasteiger partial charge in [0.2, 0.25) is 5.88 Å². The van der Waals surface area contributed by atoms with Gasteiger partial charge in [-0.2, -0.15) is 5.10 Å². The second-order valence-electron chi connectivity index (χ2n) is 10.0.